The van der Waals surface area contributed by atoms with E-state index in [-0.39, 0.29) is 29.4 Å². The van der Waals surface area contributed by atoms with Crippen molar-refractivity contribution in [1.29, 1.82) is 0 Å². The number of benzene rings is 2. The predicted molar refractivity (Wildman–Crippen MR) is 130 cm³/mol. The third kappa shape index (κ3) is 5.01. The molecule has 0 aliphatic rings. The summed E-state index contributed by atoms with van der Waals surface area (Å²) < 4.78 is 8.10. The highest BCUT2D eigenvalue weighted by Crippen LogP contribution is 2.21. The predicted octanol–water partition coefficient (Wildman–Crippen LogP) is 3.09. The number of fused-ring (bicyclic) bond motifs is 1. The number of carbonyl (C=O) groups excluding carboxylic acids is 2. The normalized spacial score (nSPS) is 10.9. The molecule has 2 heterocycles. The van der Waals surface area contributed by atoms with Crippen LogP contribution in [-0.2, 0) is 23.1 Å². The van der Waals surface area contributed by atoms with E-state index in [1.165, 1.54) is 10.9 Å². The summed E-state index contributed by atoms with van der Waals surface area (Å²) in [5.41, 5.74) is 2.20. The number of esters is 1. The van der Waals surface area contributed by atoms with Gasteiger partial charge in [-0.1, -0.05) is 54.2 Å². The molecular formula is C24H23N5O4S. The first-order chi connectivity index (χ1) is 16.5. The number of aryl methyl sites for hydroxylation is 1. The van der Waals surface area contributed by atoms with Gasteiger partial charge >= 0.3 is 5.97 Å². The monoisotopic (exact) mass is 477 g/mol. The van der Waals surface area contributed by atoms with E-state index in [0.717, 1.165) is 17.3 Å². The van der Waals surface area contributed by atoms with Crippen LogP contribution in [0.1, 0.15) is 22.8 Å². The number of para-hydroxylation sites is 1. The molecule has 0 bridgehead atoms. The van der Waals surface area contributed by atoms with Crippen LogP contribution in [0, 0.1) is 0 Å². The van der Waals surface area contributed by atoms with Gasteiger partial charge in [0.2, 0.25) is 5.91 Å². The van der Waals surface area contributed by atoms with Crippen LogP contribution in [0.25, 0.3) is 11.0 Å². The Bertz CT molecular complexity index is 1400. The van der Waals surface area contributed by atoms with Crippen molar-refractivity contribution >= 4 is 40.4 Å². The number of thioether (sulfide) groups is 1. The van der Waals surface area contributed by atoms with Crippen LogP contribution in [0.4, 0.5) is 5.69 Å². The van der Waals surface area contributed by atoms with Gasteiger partial charge in [0.15, 0.2) is 10.7 Å². The summed E-state index contributed by atoms with van der Waals surface area (Å²) in [5, 5.41) is 7.31. The van der Waals surface area contributed by atoms with Crippen LogP contribution in [0.5, 0.6) is 0 Å². The van der Waals surface area contributed by atoms with E-state index in [1.807, 2.05) is 30.3 Å². The molecule has 0 spiro atoms. The molecular weight excluding hydrogens is 454 g/mol. The van der Waals surface area contributed by atoms with E-state index in [4.69, 9.17) is 4.74 Å². The number of hydrogen-bond acceptors (Lipinski definition) is 7. The highest BCUT2D eigenvalue weighted by molar-refractivity contribution is 7.99. The summed E-state index contributed by atoms with van der Waals surface area (Å²) in [5.74, 6) is -0.857. The first kappa shape index (κ1) is 23.2. The minimum absolute atomic E-state index is 0.00976. The van der Waals surface area contributed by atoms with E-state index < -0.39 is 5.97 Å². The highest BCUT2D eigenvalue weighted by atomic mass is 32.2. The molecule has 0 aliphatic heterocycles. The molecule has 9 nitrogen and oxygen atoms in total. The van der Waals surface area contributed by atoms with E-state index >= 15 is 0 Å². The second kappa shape index (κ2) is 10.3. The van der Waals surface area contributed by atoms with Crippen molar-refractivity contribution in [3.05, 3.63) is 82.3 Å². The quantitative estimate of drug-likeness (QED) is 0.236. The Balaban J connectivity index is 1.58. The number of rotatable bonds is 8. The Morgan fingerprint density at radius 3 is 2.59 bits per heavy atom. The minimum atomic E-state index is -0.508. The second-order valence-corrected chi connectivity index (χ2v) is 8.32. The molecule has 1 N–H and O–H groups in total. The molecule has 0 atom stereocenters. The summed E-state index contributed by atoms with van der Waals surface area (Å²) in [6.07, 6.45) is 1.53. The third-order valence-electron chi connectivity index (χ3n) is 5.03. The van der Waals surface area contributed by atoms with Crippen LogP contribution in [0.2, 0.25) is 0 Å². The zero-order chi connectivity index (χ0) is 24.1. The number of carbonyl (C=O) groups is 2. The molecule has 10 heteroatoms. The standard InChI is InChI=1S/C24H23N5O4S/c1-3-33-23(32)17-11-7-8-12-18(17)26-20(30)15-34-24-27-19-13-25-28(2)21(19)22(31)29(24)14-16-9-5-4-6-10-16/h4-13H,3,14-15H2,1-2H3,(H,26,30). The molecule has 0 saturated carbocycles. The Kier molecular flexibility index (Phi) is 7.07. The lowest BCUT2D eigenvalue weighted by Gasteiger charge is -2.13. The lowest BCUT2D eigenvalue weighted by atomic mass is 10.2. The van der Waals surface area contributed by atoms with Crippen molar-refractivity contribution in [2.75, 3.05) is 17.7 Å². The van der Waals surface area contributed by atoms with E-state index in [1.54, 1.807) is 42.8 Å². The average molecular weight is 478 g/mol. The van der Waals surface area contributed by atoms with Crippen LogP contribution in [0.15, 0.2) is 70.7 Å². The maximum Gasteiger partial charge on any atom is 0.340 e. The molecule has 2 aromatic heterocycles. The van der Waals surface area contributed by atoms with Crippen molar-refractivity contribution < 1.29 is 14.3 Å². The zero-order valence-electron chi connectivity index (χ0n) is 18.7. The van der Waals surface area contributed by atoms with Crippen LogP contribution < -0.4 is 10.9 Å². The molecule has 0 fully saturated rings. The summed E-state index contributed by atoms with van der Waals surface area (Å²) in [4.78, 5) is 42.7. The molecule has 174 valence electrons. The molecule has 4 rings (SSSR count). The van der Waals surface area contributed by atoms with Crippen molar-refractivity contribution in [3.63, 3.8) is 0 Å². The largest absolute Gasteiger partial charge is 0.462 e. The maximum absolute atomic E-state index is 13.2. The van der Waals surface area contributed by atoms with Crippen LogP contribution >= 0.6 is 11.8 Å². The number of anilines is 1. The van der Waals surface area contributed by atoms with Crippen LogP contribution in [0.3, 0.4) is 0 Å². The van der Waals surface area contributed by atoms with E-state index in [2.05, 4.69) is 15.4 Å². The van der Waals surface area contributed by atoms with Gasteiger partial charge in [0.05, 0.1) is 36.4 Å². The van der Waals surface area contributed by atoms with Crippen LogP contribution in [-0.4, -0.2) is 43.6 Å². The fraction of sp³-hybridized carbons (Fsp3) is 0.208. The molecule has 2 aromatic carbocycles. The number of aromatic nitrogens is 4. The van der Waals surface area contributed by atoms with Gasteiger partial charge in [-0.2, -0.15) is 5.10 Å². The summed E-state index contributed by atoms with van der Waals surface area (Å²) >= 11 is 1.14. The molecule has 0 unspecified atom stereocenters. The van der Waals surface area contributed by atoms with Crippen molar-refractivity contribution in [1.82, 2.24) is 19.3 Å². The first-order valence-corrected chi connectivity index (χ1v) is 11.6. The maximum atomic E-state index is 13.2. The van der Waals surface area contributed by atoms with E-state index in [0.29, 0.717) is 28.4 Å². The number of amides is 1. The van der Waals surface area contributed by atoms with Crippen molar-refractivity contribution in [2.45, 2.75) is 18.6 Å². The fourth-order valence-electron chi connectivity index (χ4n) is 3.44. The summed E-state index contributed by atoms with van der Waals surface area (Å²) in [6, 6.07) is 16.2. The molecule has 34 heavy (non-hydrogen) atoms. The van der Waals surface area contributed by atoms with Gasteiger partial charge < -0.3 is 10.1 Å². The Morgan fingerprint density at radius 2 is 1.82 bits per heavy atom. The smallest absolute Gasteiger partial charge is 0.340 e. The zero-order valence-corrected chi connectivity index (χ0v) is 19.5. The average Bonchev–Trinajstić information content (AvgIpc) is 3.21. The van der Waals surface area contributed by atoms with Gasteiger partial charge in [-0.05, 0) is 24.6 Å². The Hall–Kier alpha value is -3.92. The second-order valence-electron chi connectivity index (χ2n) is 7.38. The summed E-state index contributed by atoms with van der Waals surface area (Å²) in [7, 11) is 1.69. The molecule has 4 aromatic rings. The van der Waals surface area contributed by atoms with Crippen molar-refractivity contribution in [2.24, 2.45) is 7.05 Å². The van der Waals surface area contributed by atoms with Gasteiger partial charge in [-0.3, -0.25) is 18.8 Å². The lowest BCUT2D eigenvalue weighted by molar-refractivity contribution is -0.113. The number of hydrogen-bond donors (Lipinski definition) is 1. The van der Waals surface area contributed by atoms with E-state index in [9.17, 15) is 14.4 Å². The Labute approximate surface area is 199 Å². The number of nitrogens with one attached hydrogen (secondary N) is 1. The van der Waals surface area contributed by atoms with Gasteiger partial charge in [-0.15, -0.1) is 0 Å². The van der Waals surface area contributed by atoms with Gasteiger partial charge in [-0.25, -0.2) is 9.78 Å². The fourth-order valence-corrected chi connectivity index (χ4v) is 4.24. The first-order valence-electron chi connectivity index (χ1n) is 10.6. The van der Waals surface area contributed by atoms with Gasteiger partial charge in [0.25, 0.3) is 5.56 Å². The van der Waals surface area contributed by atoms with Gasteiger partial charge in [0.1, 0.15) is 5.52 Å². The van der Waals surface area contributed by atoms with Crippen molar-refractivity contribution in [3.8, 4) is 0 Å². The highest BCUT2D eigenvalue weighted by Gasteiger charge is 2.18. The number of nitrogens with zero attached hydrogens (tertiary/aromatic N) is 4. The summed E-state index contributed by atoms with van der Waals surface area (Å²) in [6.45, 7) is 2.26. The van der Waals surface area contributed by atoms with Gasteiger partial charge in [0, 0.05) is 7.05 Å². The minimum Gasteiger partial charge on any atom is -0.462 e. The SMILES string of the molecule is CCOC(=O)c1ccccc1NC(=O)CSc1nc2cnn(C)c2c(=O)n1Cc1ccccc1. The molecule has 1 amide bonds. The molecule has 0 aliphatic carbocycles. The third-order valence-corrected chi connectivity index (χ3v) is 6.00. The lowest BCUT2D eigenvalue weighted by Crippen LogP contribution is -2.26. The number of ether oxygens (including phenoxy) is 1. The Morgan fingerprint density at radius 1 is 1.09 bits per heavy atom. The topological polar surface area (TPSA) is 108 Å². The molecule has 0 radical (unpaired) electrons. The molecule has 0 saturated heterocycles.